The van der Waals surface area contributed by atoms with E-state index >= 15 is 0 Å². The average molecular weight is 857 g/mol. The molecular formula is C46H63F3N4O8. The van der Waals surface area contributed by atoms with Crippen LogP contribution in [0.25, 0.3) is 0 Å². The van der Waals surface area contributed by atoms with Crippen LogP contribution in [0.15, 0.2) is 17.2 Å². The molecule has 6 aliphatic carbocycles. The van der Waals surface area contributed by atoms with Crippen LogP contribution in [-0.4, -0.2) is 75.2 Å². The minimum atomic E-state index is -4.73. The summed E-state index contributed by atoms with van der Waals surface area (Å²) in [5.41, 5.74) is -3.80. The summed E-state index contributed by atoms with van der Waals surface area (Å²) in [6.07, 6.45) is 1.98. The van der Waals surface area contributed by atoms with Crippen LogP contribution in [0.2, 0.25) is 0 Å². The van der Waals surface area contributed by atoms with Crippen LogP contribution in [0, 0.1) is 62.6 Å². The number of nitrogens with zero attached hydrogens (tertiary/aromatic N) is 1. The van der Waals surface area contributed by atoms with Crippen molar-refractivity contribution in [3.8, 4) is 0 Å². The lowest BCUT2D eigenvalue weighted by Crippen LogP contribution is -2.73. The number of aliphatic carboxylic acids is 1. The molecule has 8 rings (SSSR count). The molecular weight excluding hydrogens is 794 g/mol. The highest BCUT2D eigenvalue weighted by molar-refractivity contribution is 6.04. The van der Waals surface area contributed by atoms with Crippen LogP contribution < -0.4 is 10.6 Å². The summed E-state index contributed by atoms with van der Waals surface area (Å²) >= 11 is 0. The van der Waals surface area contributed by atoms with Gasteiger partial charge in [0.05, 0.1) is 30.6 Å². The van der Waals surface area contributed by atoms with Crippen LogP contribution in [0.1, 0.15) is 143 Å². The minimum absolute atomic E-state index is 0.00518. The van der Waals surface area contributed by atoms with E-state index in [1.165, 1.54) is 0 Å². The molecule has 5 saturated carbocycles. The van der Waals surface area contributed by atoms with Gasteiger partial charge >= 0.3 is 18.1 Å². The van der Waals surface area contributed by atoms with Crippen LogP contribution in [0.5, 0.6) is 0 Å². The van der Waals surface area contributed by atoms with Crippen molar-refractivity contribution in [1.82, 2.24) is 20.8 Å². The number of allylic oxidation sites excluding steroid dienone is 1. The highest BCUT2D eigenvalue weighted by atomic mass is 19.4. The number of carboxylic acid groups (broad SMARTS) is 1. The monoisotopic (exact) mass is 856 g/mol. The van der Waals surface area contributed by atoms with E-state index in [-0.39, 0.29) is 76.9 Å². The lowest BCUT2D eigenvalue weighted by molar-refractivity contribution is -0.235. The Morgan fingerprint density at radius 3 is 2.15 bits per heavy atom. The summed E-state index contributed by atoms with van der Waals surface area (Å²) in [6, 6.07) is 0.606. The SMILES string of the molecule is CC(C)C1=C2[C@H]3CC[C@@H]4[C@@]5(C)CC[C@H](OC(=O)[C@@H]6C[C@H](C(=O)O)C6(C)C)C(C)(C)[C@@H]5CC[C@@]4(C)[C@]3(C)CC[C@@]2(NC(=O)C2(NC(=O)c3cc(C(F)(F)F)[nH]n3)COC2)CC1=O. The Kier molecular flexibility index (Phi) is 9.98. The number of fused-ring (bicyclic) bond motifs is 7. The standard InChI is InChI=1S/C46H63F3N4O8/c1-23(2)33-28(54)20-44(51-38(59)45(21-60-22-45)50-35(55)27-19-31(53-52-27)46(47,48)49)17-16-42(8)24(34(33)44)10-11-30-41(7)14-13-32(40(5,6)29(41)12-15-43(30,42)9)61-37(58)26-18-25(36(56)57)39(26,3)4/h19,23-26,29-30,32H,10-18,20-22H2,1-9H3,(H,50,55)(H,51,59)(H,52,53)(H,56,57)/t24-,25-,26+,29+,30-,32+,41+,42-,43-,44-/m1/s1. The van der Waals surface area contributed by atoms with Gasteiger partial charge in [0, 0.05) is 17.9 Å². The molecule has 0 bridgehead atoms. The smallest absolute Gasteiger partial charge is 0.432 e. The lowest BCUT2D eigenvalue weighted by atomic mass is 9.33. The number of alkyl halides is 3. The summed E-state index contributed by atoms with van der Waals surface area (Å²) in [4.78, 5) is 67.3. The molecule has 1 aromatic rings. The zero-order chi connectivity index (χ0) is 44.7. The third kappa shape index (κ3) is 6.21. The number of ketones is 1. The second kappa shape index (κ2) is 13.9. The third-order valence-corrected chi connectivity index (χ3v) is 18.4. The number of hydrogen-bond acceptors (Lipinski definition) is 8. The Morgan fingerprint density at radius 1 is 0.885 bits per heavy atom. The van der Waals surface area contributed by atoms with Crippen molar-refractivity contribution in [2.24, 2.45) is 62.6 Å². The van der Waals surface area contributed by atoms with E-state index in [1.807, 2.05) is 32.8 Å². The average Bonchev–Trinajstić information content (AvgIpc) is 3.74. The van der Waals surface area contributed by atoms with E-state index in [0.717, 1.165) is 56.1 Å². The molecule has 12 nitrogen and oxygen atoms in total. The maximum absolute atomic E-state index is 14.5. The number of esters is 1. The Hall–Kier alpha value is -3.75. The van der Waals surface area contributed by atoms with Gasteiger partial charge in [-0.2, -0.15) is 18.3 Å². The van der Waals surface area contributed by atoms with Crippen molar-refractivity contribution in [3.05, 3.63) is 28.6 Å². The molecule has 336 valence electrons. The van der Waals surface area contributed by atoms with Gasteiger partial charge in [0.25, 0.3) is 11.8 Å². The van der Waals surface area contributed by atoms with Crippen molar-refractivity contribution < 1.29 is 51.7 Å². The van der Waals surface area contributed by atoms with Gasteiger partial charge in [-0.3, -0.25) is 29.1 Å². The number of nitrogens with one attached hydrogen (secondary N) is 3. The molecule has 2 amide bonds. The highest BCUT2D eigenvalue weighted by Gasteiger charge is 2.71. The second-order valence-corrected chi connectivity index (χ2v) is 22.2. The molecule has 2 heterocycles. The van der Waals surface area contributed by atoms with Gasteiger partial charge in [-0.05, 0) is 114 Å². The van der Waals surface area contributed by atoms with Crippen LogP contribution >= 0.6 is 0 Å². The Balaban J connectivity index is 1.04. The summed E-state index contributed by atoms with van der Waals surface area (Å²) in [5.74, 6) is -3.09. The van der Waals surface area contributed by atoms with Gasteiger partial charge in [0.1, 0.15) is 11.8 Å². The molecule has 10 atom stereocenters. The predicted molar refractivity (Wildman–Crippen MR) is 215 cm³/mol. The number of amides is 2. The van der Waals surface area contributed by atoms with Gasteiger partial charge < -0.3 is 25.2 Å². The molecule has 1 saturated heterocycles. The van der Waals surface area contributed by atoms with Crippen LogP contribution in [0.4, 0.5) is 13.2 Å². The number of Topliss-reactive ketones (excluding diaryl/α,β-unsaturated/α-hetero) is 1. The molecule has 6 fully saturated rings. The number of H-pyrrole nitrogens is 1. The summed E-state index contributed by atoms with van der Waals surface area (Å²) in [7, 11) is 0. The van der Waals surface area contributed by atoms with Gasteiger partial charge in [0.2, 0.25) is 0 Å². The zero-order valence-corrected chi connectivity index (χ0v) is 37.0. The first-order chi connectivity index (χ1) is 28.2. The molecule has 15 heteroatoms. The number of halogens is 3. The van der Waals surface area contributed by atoms with Crippen molar-refractivity contribution >= 4 is 29.5 Å². The van der Waals surface area contributed by atoms with E-state index in [0.29, 0.717) is 24.8 Å². The molecule has 0 spiro atoms. The van der Waals surface area contributed by atoms with E-state index in [9.17, 15) is 42.3 Å². The predicted octanol–water partition coefficient (Wildman–Crippen LogP) is 7.44. The first-order valence-corrected chi connectivity index (χ1v) is 22.2. The quantitative estimate of drug-likeness (QED) is 0.194. The van der Waals surface area contributed by atoms with Gasteiger partial charge in [-0.1, -0.05) is 62.3 Å². The molecule has 1 aromatic heterocycles. The zero-order valence-electron chi connectivity index (χ0n) is 37.0. The largest absolute Gasteiger partial charge is 0.481 e. The van der Waals surface area contributed by atoms with E-state index < -0.39 is 63.7 Å². The topological polar surface area (TPSA) is 177 Å². The Morgan fingerprint density at radius 2 is 1.57 bits per heavy atom. The molecule has 0 unspecified atom stereocenters. The Bertz CT molecular complexity index is 2090. The van der Waals surface area contributed by atoms with Crippen molar-refractivity contribution in [1.29, 1.82) is 0 Å². The van der Waals surface area contributed by atoms with Crippen molar-refractivity contribution in [2.45, 2.75) is 150 Å². The molecule has 0 radical (unpaired) electrons. The number of rotatable bonds is 8. The molecule has 7 aliphatic rings. The maximum atomic E-state index is 14.5. The van der Waals surface area contributed by atoms with E-state index in [1.54, 1.807) is 0 Å². The van der Waals surface area contributed by atoms with Crippen molar-refractivity contribution in [2.75, 3.05) is 13.2 Å². The Labute approximate surface area is 355 Å². The van der Waals surface area contributed by atoms with E-state index in [2.05, 4.69) is 50.4 Å². The molecule has 61 heavy (non-hydrogen) atoms. The number of aromatic nitrogens is 2. The van der Waals surface area contributed by atoms with Crippen LogP contribution in [-0.2, 0) is 34.8 Å². The van der Waals surface area contributed by atoms with Gasteiger partial charge in [0.15, 0.2) is 17.0 Å². The molecule has 1 aliphatic heterocycles. The first-order valence-electron chi connectivity index (χ1n) is 22.2. The second-order valence-electron chi connectivity index (χ2n) is 22.2. The summed E-state index contributed by atoms with van der Waals surface area (Å²) in [5, 5.41) is 21.0. The van der Waals surface area contributed by atoms with E-state index in [4.69, 9.17) is 9.47 Å². The fourth-order valence-electron chi connectivity index (χ4n) is 14.7. The maximum Gasteiger partial charge on any atom is 0.432 e. The van der Waals surface area contributed by atoms with Gasteiger partial charge in [-0.25, -0.2) is 0 Å². The summed E-state index contributed by atoms with van der Waals surface area (Å²) in [6.45, 7) is 19.2. The third-order valence-electron chi connectivity index (χ3n) is 18.4. The number of carbonyl (C=O) groups is 5. The first kappa shape index (κ1) is 43.9. The normalized spacial score (nSPS) is 39.4. The molecule has 4 N–H and O–H groups in total. The highest BCUT2D eigenvalue weighted by Crippen LogP contribution is 2.76. The van der Waals surface area contributed by atoms with Crippen LogP contribution in [0.3, 0.4) is 0 Å². The fourth-order valence-corrected chi connectivity index (χ4v) is 14.7. The fraction of sp³-hybridized carbons (Fsp3) is 0.783. The number of carboxylic acids is 1. The number of hydrogen-bond donors (Lipinski definition) is 4. The summed E-state index contributed by atoms with van der Waals surface area (Å²) < 4.78 is 51.7. The van der Waals surface area contributed by atoms with Crippen molar-refractivity contribution in [3.63, 3.8) is 0 Å². The molecule has 0 aromatic carbocycles. The minimum Gasteiger partial charge on any atom is -0.481 e. The number of ether oxygens (including phenoxy) is 2. The lowest BCUT2D eigenvalue weighted by Gasteiger charge is -2.72. The number of carbonyl (C=O) groups excluding carboxylic acids is 4. The number of aromatic amines is 1. The van der Waals surface area contributed by atoms with Gasteiger partial charge in [-0.15, -0.1) is 0 Å².